The van der Waals surface area contributed by atoms with Gasteiger partial charge in [-0.2, -0.15) is 0 Å². The molecule has 0 aliphatic carbocycles. The van der Waals surface area contributed by atoms with Crippen LogP contribution in [0.25, 0.3) is 11.1 Å². The van der Waals surface area contributed by atoms with E-state index >= 15 is 0 Å². The van der Waals surface area contributed by atoms with Crippen LogP contribution >= 0.6 is 11.6 Å². The largest absolute Gasteiger partial charge is 0.411 e. The van der Waals surface area contributed by atoms with Crippen molar-refractivity contribution in [2.75, 3.05) is 0 Å². The first-order valence-electron chi connectivity index (χ1n) is 11.4. The molecular formula is C28H26ClN3O4S. The summed E-state index contributed by atoms with van der Waals surface area (Å²) in [5, 5.41) is 19.3. The van der Waals surface area contributed by atoms with Gasteiger partial charge in [-0.05, 0) is 65.1 Å². The number of hydrogen-bond donors (Lipinski definition) is 2. The molecule has 0 spiro atoms. The van der Waals surface area contributed by atoms with Gasteiger partial charge in [0, 0.05) is 42.2 Å². The third-order valence-corrected chi connectivity index (χ3v) is 7.54. The number of benzene rings is 3. The van der Waals surface area contributed by atoms with Crippen LogP contribution < -0.4 is 10.7 Å². The highest BCUT2D eigenvalue weighted by molar-refractivity contribution is 7.89. The topological polar surface area (TPSA) is 115 Å². The summed E-state index contributed by atoms with van der Waals surface area (Å²) in [6.45, 7) is 1.98. The second kappa shape index (κ2) is 10.7. The third kappa shape index (κ3) is 5.99. The van der Waals surface area contributed by atoms with Crippen LogP contribution in [0.5, 0.6) is 0 Å². The molecule has 4 aromatic rings. The van der Waals surface area contributed by atoms with Crippen LogP contribution in [-0.4, -0.2) is 23.9 Å². The van der Waals surface area contributed by atoms with Gasteiger partial charge in [-0.15, -0.1) is 0 Å². The molecule has 3 N–H and O–H groups in total. The minimum Gasteiger partial charge on any atom is -0.411 e. The molecule has 0 bridgehead atoms. The van der Waals surface area contributed by atoms with Gasteiger partial charge in [-0.1, -0.05) is 59.2 Å². The van der Waals surface area contributed by atoms with Crippen LogP contribution in [0, 0.1) is 6.92 Å². The molecule has 190 valence electrons. The van der Waals surface area contributed by atoms with Gasteiger partial charge in [0.05, 0.1) is 10.6 Å². The number of pyridine rings is 1. The number of nitrogens with zero attached hydrogens (tertiary/aromatic N) is 2. The van der Waals surface area contributed by atoms with Gasteiger partial charge < -0.3 is 9.77 Å². The smallest absolute Gasteiger partial charge is 0.250 e. The lowest BCUT2D eigenvalue weighted by Crippen LogP contribution is -2.18. The summed E-state index contributed by atoms with van der Waals surface area (Å²) in [6.07, 6.45) is 2.02. The zero-order valence-electron chi connectivity index (χ0n) is 20.3. The van der Waals surface area contributed by atoms with Gasteiger partial charge in [0.2, 0.25) is 15.6 Å². The second-order valence-electron chi connectivity index (χ2n) is 8.86. The Morgan fingerprint density at radius 2 is 1.62 bits per heavy atom. The Bertz CT molecular complexity index is 1630. The number of rotatable bonds is 7. The van der Waals surface area contributed by atoms with Gasteiger partial charge in [-0.25, -0.2) is 13.6 Å². The molecule has 0 amide bonds. The number of hydrogen-bond acceptors (Lipinski definition) is 5. The van der Waals surface area contributed by atoms with Crippen molar-refractivity contribution in [2.45, 2.75) is 24.2 Å². The standard InChI is InChI=1S/C28H26ClN3O4S/c1-18-15-23(29)10-13-25(18)26(16-27(31-34)22-9-14-28(33)32(2)17-22)21-5-3-19(4-6-21)20-7-11-24(12-8-20)37(30,35)36/h3-15,17,26,34H,16H2,1-2H3,(H2,30,35,36)/b31-27+/t26-/m0/s1. The summed E-state index contributed by atoms with van der Waals surface area (Å²) in [7, 11) is -2.11. The van der Waals surface area contributed by atoms with Crippen molar-refractivity contribution in [3.05, 3.63) is 123 Å². The Kier molecular flexibility index (Phi) is 7.63. The average molecular weight is 536 g/mol. The molecular weight excluding hydrogens is 510 g/mol. The predicted molar refractivity (Wildman–Crippen MR) is 146 cm³/mol. The van der Waals surface area contributed by atoms with Crippen molar-refractivity contribution in [1.29, 1.82) is 0 Å². The van der Waals surface area contributed by atoms with Crippen molar-refractivity contribution in [2.24, 2.45) is 17.3 Å². The molecule has 1 heterocycles. The molecule has 1 atom stereocenters. The number of primary sulfonamides is 1. The molecule has 37 heavy (non-hydrogen) atoms. The summed E-state index contributed by atoms with van der Waals surface area (Å²) in [5.41, 5.74) is 5.70. The highest BCUT2D eigenvalue weighted by Crippen LogP contribution is 2.34. The van der Waals surface area contributed by atoms with E-state index in [4.69, 9.17) is 16.7 Å². The van der Waals surface area contributed by atoms with E-state index in [0.29, 0.717) is 22.7 Å². The zero-order chi connectivity index (χ0) is 26.7. The van der Waals surface area contributed by atoms with Crippen molar-refractivity contribution in [3.8, 4) is 11.1 Å². The fraction of sp³-hybridized carbons (Fsp3) is 0.143. The molecule has 9 heteroatoms. The Morgan fingerprint density at radius 1 is 1.00 bits per heavy atom. The predicted octanol–water partition coefficient (Wildman–Crippen LogP) is 5.06. The molecule has 0 saturated carbocycles. The Hall–Kier alpha value is -3.72. The monoisotopic (exact) mass is 535 g/mol. The number of sulfonamides is 1. The molecule has 0 unspecified atom stereocenters. The third-order valence-electron chi connectivity index (χ3n) is 6.37. The van der Waals surface area contributed by atoms with Gasteiger partial charge in [-0.3, -0.25) is 4.79 Å². The highest BCUT2D eigenvalue weighted by Gasteiger charge is 2.21. The second-order valence-corrected chi connectivity index (χ2v) is 10.9. The Morgan fingerprint density at radius 3 is 2.16 bits per heavy atom. The molecule has 1 aromatic heterocycles. The van der Waals surface area contributed by atoms with Crippen LogP contribution in [0.15, 0.2) is 99.9 Å². The number of nitrogens with two attached hydrogens (primary N) is 1. The van der Waals surface area contributed by atoms with Crippen LogP contribution in [0.3, 0.4) is 0 Å². The Labute approximate surface area is 220 Å². The maximum atomic E-state index is 11.9. The van der Waals surface area contributed by atoms with E-state index in [0.717, 1.165) is 27.8 Å². The minimum absolute atomic E-state index is 0.0559. The van der Waals surface area contributed by atoms with E-state index in [1.54, 1.807) is 31.4 Å². The van der Waals surface area contributed by atoms with E-state index in [2.05, 4.69) is 5.16 Å². The normalized spacial score (nSPS) is 12.9. The fourth-order valence-electron chi connectivity index (χ4n) is 4.36. The van der Waals surface area contributed by atoms with E-state index in [1.165, 1.54) is 22.8 Å². The highest BCUT2D eigenvalue weighted by atomic mass is 35.5. The lowest BCUT2D eigenvalue weighted by Gasteiger charge is -2.21. The van der Waals surface area contributed by atoms with Gasteiger partial charge in [0.25, 0.3) is 0 Å². The molecule has 0 aliphatic rings. The lowest BCUT2D eigenvalue weighted by molar-refractivity contribution is 0.317. The summed E-state index contributed by atoms with van der Waals surface area (Å²) in [4.78, 5) is 11.9. The summed E-state index contributed by atoms with van der Waals surface area (Å²) >= 11 is 6.22. The molecule has 0 radical (unpaired) electrons. The molecule has 0 saturated heterocycles. The average Bonchev–Trinajstić information content (AvgIpc) is 2.87. The number of aromatic nitrogens is 1. The van der Waals surface area contributed by atoms with Crippen LogP contribution in [0.1, 0.15) is 34.6 Å². The lowest BCUT2D eigenvalue weighted by atomic mass is 9.83. The van der Waals surface area contributed by atoms with Crippen LogP contribution in [-0.2, 0) is 17.1 Å². The van der Waals surface area contributed by atoms with E-state index in [9.17, 15) is 18.4 Å². The summed E-state index contributed by atoms with van der Waals surface area (Å²) < 4.78 is 24.6. The first-order valence-corrected chi connectivity index (χ1v) is 13.4. The fourth-order valence-corrected chi connectivity index (χ4v) is 5.10. The van der Waals surface area contributed by atoms with Gasteiger partial charge in [0.15, 0.2) is 0 Å². The maximum Gasteiger partial charge on any atom is 0.250 e. The molecule has 0 fully saturated rings. The van der Waals surface area contributed by atoms with Gasteiger partial charge in [0.1, 0.15) is 0 Å². The summed E-state index contributed by atoms with van der Waals surface area (Å²) in [5.74, 6) is -0.167. The number of oxime groups is 1. The first-order chi connectivity index (χ1) is 17.6. The van der Waals surface area contributed by atoms with E-state index in [1.807, 2.05) is 49.4 Å². The molecule has 0 aliphatic heterocycles. The zero-order valence-corrected chi connectivity index (χ0v) is 21.9. The molecule has 7 nitrogen and oxygen atoms in total. The van der Waals surface area contributed by atoms with Crippen molar-refractivity contribution >= 4 is 27.3 Å². The minimum atomic E-state index is -3.76. The van der Waals surface area contributed by atoms with Crippen molar-refractivity contribution in [3.63, 3.8) is 0 Å². The van der Waals surface area contributed by atoms with Crippen molar-refractivity contribution < 1.29 is 13.6 Å². The number of aryl methyl sites for hydroxylation is 2. The van der Waals surface area contributed by atoms with Crippen LogP contribution in [0.4, 0.5) is 0 Å². The van der Waals surface area contributed by atoms with E-state index < -0.39 is 10.0 Å². The van der Waals surface area contributed by atoms with E-state index in [-0.39, 0.29) is 16.4 Å². The van der Waals surface area contributed by atoms with Gasteiger partial charge >= 0.3 is 0 Å². The quantitative estimate of drug-likeness (QED) is 0.195. The summed E-state index contributed by atoms with van der Waals surface area (Å²) in [6, 6.07) is 23.1. The SMILES string of the molecule is Cc1cc(Cl)ccc1[C@@H](C/C(=N\O)c1ccc(=O)n(C)c1)c1ccc(-c2ccc(S(N)(=O)=O)cc2)cc1. The first kappa shape index (κ1) is 26.3. The molecule has 3 aromatic carbocycles. The number of halogens is 1. The van der Waals surface area contributed by atoms with Crippen LogP contribution in [0.2, 0.25) is 5.02 Å². The van der Waals surface area contributed by atoms with Crippen molar-refractivity contribution in [1.82, 2.24) is 4.57 Å². The Balaban J connectivity index is 1.72. The molecule has 4 rings (SSSR count). The maximum absolute atomic E-state index is 11.9.